The van der Waals surface area contributed by atoms with Crippen molar-refractivity contribution in [2.75, 3.05) is 26.2 Å². The topological polar surface area (TPSA) is 62.3 Å². The van der Waals surface area contributed by atoms with E-state index in [2.05, 4.69) is 17.9 Å². The Kier molecular flexibility index (Phi) is 6.62. The number of nitrogens with zero attached hydrogens (tertiary/aromatic N) is 2. The number of rotatable bonds is 7. The average molecular weight is 253 g/mol. The maximum atomic E-state index is 8.86. The van der Waals surface area contributed by atoms with Gasteiger partial charge in [0.1, 0.15) is 5.54 Å². The van der Waals surface area contributed by atoms with Gasteiger partial charge in [-0.15, -0.1) is 0 Å². The van der Waals surface area contributed by atoms with Crippen LogP contribution in [0.15, 0.2) is 0 Å². The molecule has 0 aromatic rings. The normalized spacial score (nSPS) is 24.4. The highest BCUT2D eigenvalue weighted by Gasteiger charge is 2.21. The second kappa shape index (κ2) is 7.73. The van der Waals surface area contributed by atoms with E-state index in [0.29, 0.717) is 6.10 Å². The average Bonchev–Trinajstić information content (AvgIpc) is 2.37. The predicted octanol–water partition coefficient (Wildman–Crippen LogP) is 1.90. The number of piperidine rings is 1. The van der Waals surface area contributed by atoms with Crippen LogP contribution in [-0.4, -0.2) is 42.8 Å². The molecule has 0 spiro atoms. The fourth-order valence-corrected chi connectivity index (χ4v) is 2.36. The van der Waals surface area contributed by atoms with E-state index >= 15 is 0 Å². The quantitative estimate of drug-likeness (QED) is 0.752. The minimum absolute atomic E-state index is 0.402. The van der Waals surface area contributed by atoms with E-state index in [1.54, 1.807) is 6.92 Å². The molecule has 1 saturated heterocycles. The summed E-state index contributed by atoms with van der Waals surface area (Å²) < 4.78 is 5.81. The van der Waals surface area contributed by atoms with Gasteiger partial charge in [0.15, 0.2) is 0 Å². The van der Waals surface area contributed by atoms with Crippen LogP contribution in [0.3, 0.4) is 0 Å². The molecule has 4 heteroatoms. The lowest BCUT2D eigenvalue weighted by atomic mass is 9.98. The highest BCUT2D eigenvalue weighted by molar-refractivity contribution is 5.00. The number of nitriles is 1. The molecule has 0 aliphatic carbocycles. The summed E-state index contributed by atoms with van der Waals surface area (Å²) in [5.41, 5.74) is 5.15. The van der Waals surface area contributed by atoms with E-state index in [9.17, 15) is 0 Å². The van der Waals surface area contributed by atoms with Crippen LogP contribution in [0.4, 0.5) is 0 Å². The summed E-state index contributed by atoms with van der Waals surface area (Å²) >= 11 is 0. The highest BCUT2D eigenvalue weighted by atomic mass is 16.5. The van der Waals surface area contributed by atoms with Crippen molar-refractivity contribution in [1.29, 1.82) is 5.26 Å². The van der Waals surface area contributed by atoms with Crippen molar-refractivity contribution < 1.29 is 4.74 Å². The molecule has 2 N–H and O–H groups in total. The molecule has 2 unspecified atom stereocenters. The fraction of sp³-hybridized carbons (Fsp3) is 0.929. The zero-order chi connectivity index (χ0) is 13.4. The molecule has 0 saturated carbocycles. The van der Waals surface area contributed by atoms with Crippen molar-refractivity contribution in [1.82, 2.24) is 4.90 Å². The van der Waals surface area contributed by atoms with Crippen LogP contribution in [0.25, 0.3) is 0 Å². The zero-order valence-corrected chi connectivity index (χ0v) is 11.8. The molecular formula is C14H27N3O. The van der Waals surface area contributed by atoms with E-state index in [-0.39, 0.29) is 0 Å². The number of nitrogens with two attached hydrogens (primary N) is 1. The molecule has 4 nitrogen and oxygen atoms in total. The van der Waals surface area contributed by atoms with E-state index < -0.39 is 5.54 Å². The molecule has 1 fully saturated rings. The van der Waals surface area contributed by atoms with Gasteiger partial charge >= 0.3 is 0 Å². The van der Waals surface area contributed by atoms with Gasteiger partial charge < -0.3 is 15.4 Å². The Bertz CT molecular complexity index is 273. The molecule has 0 radical (unpaired) electrons. The maximum Gasteiger partial charge on any atom is 0.101 e. The third kappa shape index (κ3) is 5.81. The summed E-state index contributed by atoms with van der Waals surface area (Å²) in [4.78, 5) is 2.44. The van der Waals surface area contributed by atoms with Crippen molar-refractivity contribution in [2.45, 2.75) is 57.6 Å². The first-order valence-electron chi connectivity index (χ1n) is 7.11. The van der Waals surface area contributed by atoms with Crippen molar-refractivity contribution >= 4 is 0 Å². The summed E-state index contributed by atoms with van der Waals surface area (Å²) in [6.45, 7) is 8.03. The summed E-state index contributed by atoms with van der Waals surface area (Å²) in [5, 5.41) is 8.86. The lowest BCUT2D eigenvalue weighted by Gasteiger charge is -2.33. The molecule has 2 atom stereocenters. The monoisotopic (exact) mass is 253 g/mol. The molecule has 0 amide bonds. The molecule has 1 rings (SSSR count). The van der Waals surface area contributed by atoms with E-state index in [1.807, 2.05) is 0 Å². The Morgan fingerprint density at radius 1 is 1.56 bits per heavy atom. The van der Waals surface area contributed by atoms with Gasteiger partial charge in [0, 0.05) is 13.2 Å². The molecule has 1 heterocycles. The zero-order valence-electron chi connectivity index (χ0n) is 11.8. The molecule has 1 aliphatic heterocycles. The molecule has 104 valence electrons. The second-order valence-corrected chi connectivity index (χ2v) is 5.57. The maximum absolute atomic E-state index is 8.86. The summed E-state index contributed by atoms with van der Waals surface area (Å²) in [6.07, 6.45) is 5.64. The first-order chi connectivity index (χ1) is 8.57. The second-order valence-electron chi connectivity index (χ2n) is 5.57. The van der Waals surface area contributed by atoms with Crippen molar-refractivity contribution in [3.8, 4) is 6.07 Å². The lowest BCUT2D eigenvalue weighted by molar-refractivity contribution is -0.000507. The predicted molar refractivity (Wildman–Crippen MR) is 73.1 cm³/mol. The van der Waals surface area contributed by atoms with E-state index in [1.165, 1.54) is 12.8 Å². The van der Waals surface area contributed by atoms with Crippen LogP contribution in [0.1, 0.15) is 46.0 Å². The Balaban J connectivity index is 2.20. The third-order valence-corrected chi connectivity index (χ3v) is 3.45. The van der Waals surface area contributed by atoms with Crippen LogP contribution >= 0.6 is 0 Å². The molecule has 0 aromatic carbocycles. The van der Waals surface area contributed by atoms with Gasteiger partial charge in [-0.2, -0.15) is 5.26 Å². The van der Waals surface area contributed by atoms with Crippen molar-refractivity contribution in [2.24, 2.45) is 5.73 Å². The van der Waals surface area contributed by atoms with Crippen LogP contribution in [0.2, 0.25) is 0 Å². The summed E-state index contributed by atoms with van der Waals surface area (Å²) in [5.74, 6) is 0. The van der Waals surface area contributed by atoms with Crippen molar-refractivity contribution in [3.05, 3.63) is 0 Å². The van der Waals surface area contributed by atoms with Crippen LogP contribution in [-0.2, 0) is 4.74 Å². The molecule has 18 heavy (non-hydrogen) atoms. The Morgan fingerprint density at radius 2 is 2.33 bits per heavy atom. The molecular weight excluding hydrogens is 226 g/mol. The van der Waals surface area contributed by atoms with E-state index in [4.69, 9.17) is 15.7 Å². The molecule has 1 aliphatic rings. The van der Waals surface area contributed by atoms with Crippen molar-refractivity contribution in [3.63, 3.8) is 0 Å². The summed E-state index contributed by atoms with van der Waals surface area (Å²) in [6, 6.07) is 2.15. The first-order valence-corrected chi connectivity index (χ1v) is 7.11. The Hall–Kier alpha value is -0.630. The van der Waals surface area contributed by atoms with Gasteiger partial charge in [0.05, 0.1) is 12.2 Å². The van der Waals surface area contributed by atoms with Crippen LogP contribution < -0.4 is 5.73 Å². The van der Waals surface area contributed by atoms with Crippen LogP contribution in [0.5, 0.6) is 0 Å². The third-order valence-electron chi connectivity index (χ3n) is 3.45. The fourth-order valence-electron chi connectivity index (χ4n) is 2.36. The molecule has 0 aromatic heterocycles. The smallest absolute Gasteiger partial charge is 0.101 e. The highest BCUT2D eigenvalue weighted by Crippen LogP contribution is 2.15. The number of ether oxygens (including phenoxy) is 1. The number of hydrogen-bond donors (Lipinski definition) is 1. The number of likely N-dealkylation sites (tertiary alicyclic amines) is 1. The van der Waals surface area contributed by atoms with E-state index in [0.717, 1.165) is 45.5 Å². The Labute approximate surface area is 111 Å². The molecule has 0 bridgehead atoms. The van der Waals surface area contributed by atoms with Crippen LogP contribution in [0, 0.1) is 11.3 Å². The largest absolute Gasteiger partial charge is 0.377 e. The number of hydrogen-bond acceptors (Lipinski definition) is 4. The van der Waals surface area contributed by atoms with Gasteiger partial charge in [-0.05, 0) is 52.1 Å². The minimum Gasteiger partial charge on any atom is -0.377 e. The minimum atomic E-state index is -0.673. The van der Waals surface area contributed by atoms with Gasteiger partial charge in [-0.25, -0.2) is 0 Å². The van der Waals surface area contributed by atoms with Gasteiger partial charge in [0.2, 0.25) is 0 Å². The van der Waals surface area contributed by atoms with Gasteiger partial charge in [-0.3, -0.25) is 0 Å². The van der Waals surface area contributed by atoms with Gasteiger partial charge in [-0.1, -0.05) is 6.92 Å². The standard InChI is InChI=1S/C14H27N3O/c1-3-10-18-13-6-4-8-17(11-13)9-5-7-14(2,16)12-15/h13H,3-11,16H2,1-2H3. The first kappa shape index (κ1) is 15.4. The van der Waals surface area contributed by atoms with Gasteiger partial charge in [0.25, 0.3) is 0 Å². The lowest BCUT2D eigenvalue weighted by Crippen LogP contribution is -2.41. The summed E-state index contributed by atoms with van der Waals surface area (Å²) in [7, 11) is 0. The Morgan fingerprint density at radius 3 is 3.00 bits per heavy atom. The SMILES string of the molecule is CCCOC1CCCN(CCCC(C)(N)C#N)C1.